The highest BCUT2D eigenvalue weighted by molar-refractivity contribution is 5.94. The molecule has 0 unspecified atom stereocenters. The highest BCUT2D eigenvalue weighted by atomic mass is 19.4. The van der Waals surface area contributed by atoms with Crippen LogP contribution in [0.5, 0.6) is 0 Å². The van der Waals surface area contributed by atoms with E-state index in [1.165, 1.54) is 0 Å². The smallest absolute Gasteiger partial charge is 0.351 e. The first kappa shape index (κ1) is 16.7. The Labute approximate surface area is 125 Å². The van der Waals surface area contributed by atoms with Gasteiger partial charge in [0.2, 0.25) is 0 Å². The number of carbonyl (C=O) groups is 1. The highest BCUT2D eigenvalue weighted by Gasteiger charge is 2.34. The molecule has 4 nitrogen and oxygen atoms in total. The van der Waals surface area contributed by atoms with Crippen LogP contribution in [0.15, 0.2) is 18.2 Å². The topological polar surface area (TPSA) is 44.4 Å². The molecule has 1 fully saturated rings. The summed E-state index contributed by atoms with van der Waals surface area (Å²) in [7, 11) is 0. The highest BCUT2D eigenvalue weighted by Crippen LogP contribution is 2.31. The molecular formula is C14H17F4N3O. The molecule has 0 saturated carbocycles. The van der Waals surface area contributed by atoms with Crippen molar-refractivity contribution >= 4 is 5.91 Å². The normalized spacial score (nSPS) is 16.5. The molecule has 1 aliphatic heterocycles. The van der Waals surface area contributed by atoms with Crippen LogP contribution in [-0.4, -0.2) is 50.1 Å². The number of rotatable bonds is 4. The molecule has 0 spiro atoms. The summed E-state index contributed by atoms with van der Waals surface area (Å²) in [6, 6.07) is 2.24. The number of benzene rings is 1. The molecule has 1 aliphatic rings. The lowest BCUT2D eigenvalue weighted by atomic mass is 10.1. The largest absolute Gasteiger partial charge is 0.419 e. The number of hydrogen-bond acceptors (Lipinski definition) is 3. The summed E-state index contributed by atoms with van der Waals surface area (Å²) in [4.78, 5) is 14.0. The summed E-state index contributed by atoms with van der Waals surface area (Å²) >= 11 is 0. The van der Waals surface area contributed by atoms with Gasteiger partial charge in [0.25, 0.3) is 5.91 Å². The SMILES string of the molecule is O=C(NCCN1CCNCC1)c1ccc(F)c(C(F)(F)F)c1. The van der Waals surface area contributed by atoms with E-state index in [1.54, 1.807) is 0 Å². The number of nitrogens with zero attached hydrogens (tertiary/aromatic N) is 1. The second kappa shape index (κ2) is 7.06. The van der Waals surface area contributed by atoms with E-state index in [0.29, 0.717) is 25.2 Å². The molecule has 1 amide bonds. The van der Waals surface area contributed by atoms with Crippen LogP contribution in [0, 0.1) is 5.82 Å². The molecule has 0 bridgehead atoms. The third-order valence-electron chi connectivity index (χ3n) is 3.46. The number of nitrogens with one attached hydrogen (secondary N) is 2. The number of alkyl halides is 3. The van der Waals surface area contributed by atoms with Crippen molar-refractivity contribution < 1.29 is 22.4 Å². The zero-order chi connectivity index (χ0) is 16.2. The van der Waals surface area contributed by atoms with E-state index in [2.05, 4.69) is 15.5 Å². The number of piperazine rings is 1. The molecule has 122 valence electrons. The Morgan fingerprint density at radius 1 is 1.27 bits per heavy atom. The average molecular weight is 319 g/mol. The van der Waals surface area contributed by atoms with E-state index in [4.69, 9.17) is 0 Å². The van der Waals surface area contributed by atoms with E-state index in [0.717, 1.165) is 32.2 Å². The van der Waals surface area contributed by atoms with Gasteiger partial charge in [-0.1, -0.05) is 0 Å². The Hall–Kier alpha value is -1.67. The quantitative estimate of drug-likeness (QED) is 0.826. The van der Waals surface area contributed by atoms with Crippen LogP contribution in [0.2, 0.25) is 0 Å². The van der Waals surface area contributed by atoms with Gasteiger partial charge in [-0.3, -0.25) is 9.69 Å². The molecule has 1 saturated heterocycles. The molecule has 0 radical (unpaired) electrons. The summed E-state index contributed by atoms with van der Waals surface area (Å²) in [5.74, 6) is -2.02. The molecule has 0 aliphatic carbocycles. The Kier molecular flexibility index (Phi) is 5.36. The molecule has 0 atom stereocenters. The van der Waals surface area contributed by atoms with Crippen molar-refractivity contribution in [2.45, 2.75) is 6.18 Å². The fraction of sp³-hybridized carbons (Fsp3) is 0.500. The molecule has 2 N–H and O–H groups in total. The molecule has 2 rings (SSSR count). The summed E-state index contributed by atoms with van der Waals surface area (Å²) in [6.45, 7) is 4.44. The lowest BCUT2D eigenvalue weighted by Gasteiger charge is -2.27. The summed E-state index contributed by atoms with van der Waals surface area (Å²) in [5.41, 5.74) is -1.63. The predicted molar refractivity (Wildman–Crippen MR) is 73.0 cm³/mol. The van der Waals surface area contributed by atoms with E-state index >= 15 is 0 Å². The third kappa shape index (κ3) is 4.41. The van der Waals surface area contributed by atoms with Gasteiger partial charge in [-0.05, 0) is 18.2 Å². The second-order valence-corrected chi connectivity index (χ2v) is 5.04. The van der Waals surface area contributed by atoms with Crippen molar-refractivity contribution in [2.24, 2.45) is 0 Å². The molecule has 1 heterocycles. The Bertz CT molecular complexity index is 527. The van der Waals surface area contributed by atoms with E-state index < -0.39 is 23.5 Å². The first-order chi connectivity index (χ1) is 10.4. The standard InChI is InChI=1S/C14H17F4N3O/c15-12-2-1-10(9-11(12)14(16,17)18)13(22)20-5-8-21-6-3-19-4-7-21/h1-2,9,19H,3-8H2,(H,20,22). The van der Waals surface area contributed by atoms with E-state index in [9.17, 15) is 22.4 Å². The minimum atomic E-state index is -4.82. The Balaban J connectivity index is 1.92. The van der Waals surface area contributed by atoms with E-state index in [1.807, 2.05) is 0 Å². The molecule has 0 aromatic heterocycles. The summed E-state index contributed by atoms with van der Waals surface area (Å²) in [6.07, 6.45) is -4.82. The van der Waals surface area contributed by atoms with Gasteiger partial charge >= 0.3 is 6.18 Å². The zero-order valence-electron chi connectivity index (χ0n) is 11.8. The van der Waals surface area contributed by atoms with Crippen molar-refractivity contribution in [3.63, 3.8) is 0 Å². The van der Waals surface area contributed by atoms with E-state index in [-0.39, 0.29) is 5.56 Å². The fourth-order valence-electron chi connectivity index (χ4n) is 2.25. The third-order valence-corrected chi connectivity index (χ3v) is 3.46. The molecule has 1 aromatic rings. The molecule has 8 heteroatoms. The monoisotopic (exact) mass is 319 g/mol. The lowest BCUT2D eigenvalue weighted by molar-refractivity contribution is -0.140. The van der Waals surface area contributed by atoms with Crippen LogP contribution >= 0.6 is 0 Å². The van der Waals surface area contributed by atoms with Gasteiger partial charge in [0.1, 0.15) is 5.82 Å². The van der Waals surface area contributed by atoms with Crippen LogP contribution in [0.25, 0.3) is 0 Å². The minimum absolute atomic E-state index is 0.200. The van der Waals surface area contributed by atoms with Gasteiger partial charge < -0.3 is 10.6 Å². The van der Waals surface area contributed by atoms with Gasteiger partial charge in [0.05, 0.1) is 5.56 Å². The van der Waals surface area contributed by atoms with Crippen molar-refractivity contribution in [3.8, 4) is 0 Å². The Morgan fingerprint density at radius 2 is 1.95 bits per heavy atom. The van der Waals surface area contributed by atoms with Gasteiger partial charge in [-0.25, -0.2) is 4.39 Å². The maximum atomic E-state index is 13.2. The lowest BCUT2D eigenvalue weighted by Crippen LogP contribution is -2.46. The van der Waals surface area contributed by atoms with Crippen LogP contribution in [-0.2, 0) is 6.18 Å². The molecular weight excluding hydrogens is 302 g/mol. The first-order valence-corrected chi connectivity index (χ1v) is 6.96. The van der Waals surface area contributed by atoms with Crippen LogP contribution in [0.4, 0.5) is 17.6 Å². The van der Waals surface area contributed by atoms with Gasteiger partial charge in [0, 0.05) is 44.8 Å². The second-order valence-electron chi connectivity index (χ2n) is 5.04. The van der Waals surface area contributed by atoms with Gasteiger partial charge in [0.15, 0.2) is 0 Å². The van der Waals surface area contributed by atoms with Crippen LogP contribution < -0.4 is 10.6 Å². The van der Waals surface area contributed by atoms with Crippen molar-refractivity contribution in [3.05, 3.63) is 35.1 Å². The Morgan fingerprint density at radius 3 is 2.59 bits per heavy atom. The fourth-order valence-corrected chi connectivity index (χ4v) is 2.25. The predicted octanol–water partition coefficient (Wildman–Crippen LogP) is 1.48. The zero-order valence-corrected chi connectivity index (χ0v) is 11.8. The molecule has 22 heavy (non-hydrogen) atoms. The minimum Gasteiger partial charge on any atom is -0.351 e. The van der Waals surface area contributed by atoms with Crippen molar-refractivity contribution in [1.29, 1.82) is 0 Å². The molecule has 1 aromatic carbocycles. The van der Waals surface area contributed by atoms with Gasteiger partial charge in [-0.2, -0.15) is 13.2 Å². The maximum absolute atomic E-state index is 13.2. The average Bonchev–Trinajstić information content (AvgIpc) is 2.47. The maximum Gasteiger partial charge on any atom is 0.419 e. The van der Waals surface area contributed by atoms with Crippen molar-refractivity contribution in [2.75, 3.05) is 39.3 Å². The number of amides is 1. The number of carbonyl (C=O) groups excluding carboxylic acids is 1. The first-order valence-electron chi connectivity index (χ1n) is 6.96. The number of hydrogen-bond donors (Lipinski definition) is 2. The van der Waals surface area contributed by atoms with Gasteiger partial charge in [-0.15, -0.1) is 0 Å². The summed E-state index contributed by atoms with van der Waals surface area (Å²) in [5, 5.41) is 5.75. The van der Waals surface area contributed by atoms with Crippen LogP contribution in [0.3, 0.4) is 0 Å². The number of halogens is 4. The van der Waals surface area contributed by atoms with Crippen molar-refractivity contribution in [1.82, 2.24) is 15.5 Å². The van der Waals surface area contributed by atoms with Crippen LogP contribution in [0.1, 0.15) is 15.9 Å². The summed E-state index contributed by atoms with van der Waals surface area (Å²) < 4.78 is 51.0.